The summed E-state index contributed by atoms with van der Waals surface area (Å²) in [7, 11) is 0. The second-order valence-corrected chi connectivity index (χ2v) is 5.86. The predicted octanol–water partition coefficient (Wildman–Crippen LogP) is 4.86. The van der Waals surface area contributed by atoms with Crippen LogP contribution in [0.15, 0.2) is 54.1 Å². The van der Waals surface area contributed by atoms with Crippen molar-refractivity contribution in [1.29, 1.82) is 0 Å². The maximum Gasteiger partial charge on any atom is 0.159 e. The van der Waals surface area contributed by atoms with E-state index in [9.17, 15) is 4.79 Å². The zero-order chi connectivity index (χ0) is 14.8. The largest absolute Gasteiger partial charge is 0.295 e. The van der Waals surface area contributed by atoms with Crippen LogP contribution < -0.4 is 0 Å². The molecule has 1 saturated carbocycles. The first-order valence-corrected chi connectivity index (χ1v) is 7.55. The number of allylic oxidation sites excluding steroid dienone is 1. The third-order valence-electron chi connectivity index (χ3n) is 4.15. The Bertz CT molecular complexity index is 640. The van der Waals surface area contributed by atoms with Crippen molar-refractivity contribution in [3.8, 4) is 0 Å². The van der Waals surface area contributed by atoms with E-state index in [4.69, 9.17) is 0 Å². The van der Waals surface area contributed by atoms with Gasteiger partial charge in [0.25, 0.3) is 0 Å². The minimum absolute atomic E-state index is 0.311. The summed E-state index contributed by atoms with van der Waals surface area (Å²) in [5, 5.41) is 0. The molecule has 0 amide bonds. The van der Waals surface area contributed by atoms with Gasteiger partial charge in [0.15, 0.2) is 5.78 Å². The summed E-state index contributed by atoms with van der Waals surface area (Å²) in [6.45, 7) is 4.17. The molecule has 21 heavy (non-hydrogen) atoms. The van der Waals surface area contributed by atoms with Crippen LogP contribution in [0.3, 0.4) is 0 Å². The van der Waals surface area contributed by atoms with Crippen LogP contribution in [0.5, 0.6) is 0 Å². The molecule has 3 rings (SSSR count). The minimum atomic E-state index is 0.311. The van der Waals surface area contributed by atoms with Crippen LogP contribution in [0.25, 0.3) is 5.57 Å². The highest BCUT2D eigenvalue weighted by molar-refractivity contribution is 6.07. The fraction of sp³-hybridized carbons (Fsp3) is 0.250. The first-order chi connectivity index (χ1) is 10.1. The monoisotopic (exact) mass is 276 g/mol. The highest BCUT2D eigenvalue weighted by atomic mass is 16.1. The molecule has 1 aliphatic carbocycles. The van der Waals surface area contributed by atoms with Crippen LogP contribution in [0.2, 0.25) is 0 Å². The fourth-order valence-electron chi connectivity index (χ4n) is 2.94. The standard InChI is InChI=1S/C20H20O/c1-14-6-10-16(11-7-14)20(18-4-3-5-19(18)21)17-12-8-15(2)9-13-17/h6-13H,3-5H2,1-2H3. The maximum absolute atomic E-state index is 12.2. The summed E-state index contributed by atoms with van der Waals surface area (Å²) in [5.74, 6) is 0.311. The zero-order valence-electron chi connectivity index (χ0n) is 12.6. The average Bonchev–Trinajstić information content (AvgIpc) is 2.90. The smallest absolute Gasteiger partial charge is 0.159 e. The third kappa shape index (κ3) is 2.82. The Morgan fingerprint density at radius 1 is 0.762 bits per heavy atom. The van der Waals surface area contributed by atoms with Crippen molar-refractivity contribution in [3.63, 3.8) is 0 Å². The van der Waals surface area contributed by atoms with E-state index in [2.05, 4.69) is 62.4 Å². The molecule has 1 heteroatoms. The number of aryl methyl sites for hydroxylation is 2. The molecular formula is C20H20O. The summed E-state index contributed by atoms with van der Waals surface area (Å²) in [4.78, 5) is 12.2. The van der Waals surface area contributed by atoms with Crippen molar-refractivity contribution in [2.45, 2.75) is 33.1 Å². The van der Waals surface area contributed by atoms with E-state index in [-0.39, 0.29) is 0 Å². The Morgan fingerprint density at radius 2 is 1.24 bits per heavy atom. The molecule has 0 bridgehead atoms. The maximum atomic E-state index is 12.2. The first kappa shape index (κ1) is 13.8. The van der Waals surface area contributed by atoms with Gasteiger partial charge in [0.1, 0.15) is 0 Å². The Kier molecular flexibility index (Phi) is 3.74. The van der Waals surface area contributed by atoms with Gasteiger partial charge in [0.05, 0.1) is 0 Å². The van der Waals surface area contributed by atoms with Gasteiger partial charge in [-0.15, -0.1) is 0 Å². The number of hydrogen-bond acceptors (Lipinski definition) is 1. The molecule has 2 aromatic carbocycles. The van der Waals surface area contributed by atoms with Crippen molar-refractivity contribution < 1.29 is 4.79 Å². The number of carbonyl (C=O) groups is 1. The molecule has 1 fully saturated rings. The predicted molar refractivity (Wildman–Crippen MR) is 87.2 cm³/mol. The van der Waals surface area contributed by atoms with E-state index in [1.165, 1.54) is 11.1 Å². The second kappa shape index (κ2) is 5.69. The molecule has 0 unspecified atom stereocenters. The molecule has 1 aliphatic rings. The van der Waals surface area contributed by atoms with E-state index in [0.717, 1.165) is 35.1 Å². The van der Waals surface area contributed by atoms with E-state index in [1.54, 1.807) is 0 Å². The van der Waals surface area contributed by atoms with Gasteiger partial charge in [-0.1, -0.05) is 59.7 Å². The second-order valence-electron chi connectivity index (χ2n) is 5.86. The van der Waals surface area contributed by atoms with Gasteiger partial charge in [-0.05, 0) is 43.4 Å². The van der Waals surface area contributed by atoms with Crippen molar-refractivity contribution in [2.75, 3.05) is 0 Å². The lowest BCUT2D eigenvalue weighted by atomic mass is 9.91. The van der Waals surface area contributed by atoms with Gasteiger partial charge in [0.2, 0.25) is 0 Å². The average molecular weight is 276 g/mol. The van der Waals surface area contributed by atoms with Gasteiger partial charge in [-0.2, -0.15) is 0 Å². The molecule has 0 radical (unpaired) electrons. The Morgan fingerprint density at radius 3 is 1.62 bits per heavy atom. The summed E-state index contributed by atoms with van der Waals surface area (Å²) in [5.41, 5.74) is 6.90. The summed E-state index contributed by atoms with van der Waals surface area (Å²) < 4.78 is 0. The SMILES string of the molecule is Cc1ccc(C(=C2CCCC2=O)c2ccc(C)cc2)cc1. The molecule has 0 N–H and O–H groups in total. The molecule has 0 atom stereocenters. The quantitative estimate of drug-likeness (QED) is 0.716. The molecular weight excluding hydrogens is 256 g/mol. The Hall–Kier alpha value is -2.15. The number of rotatable bonds is 2. The highest BCUT2D eigenvalue weighted by Crippen LogP contribution is 2.34. The number of ketones is 1. The third-order valence-corrected chi connectivity index (χ3v) is 4.15. The summed E-state index contributed by atoms with van der Waals surface area (Å²) in [6, 6.07) is 17.0. The van der Waals surface area contributed by atoms with Crippen molar-refractivity contribution in [1.82, 2.24) is 0 Å². The van der Waals surface area contributed by atoms with Crippen molar-refractivity contribution >= 4 is 11.4 Å². The van der Waals surface area contributed by atoms with Gasteiger partial charge in [-0.25, -0.2) is 0 Å². The van der Waals surface area contributed by atoms with Crippen LogP contribution in [0, 0.1) is 13.8 Å². The number of benzene rings is 2. The topological polar surface area (TPSA) is 17.1 Å². The van der Waals surface area contributed by atoms with E-state index < -0.39 is 0 Å². The van der Waals surface area contributed by atoms with E-state index in [1.807, 2.05) is 0 Å². The van der Waals surface area contributed by atoms with Gasteiger partial charge in [-0.3, -0.25) is 4.79 Å². The van der Waals surface area contributed by atoms with Gasteiger partial charge >= 0.3 is 0 Å². The molecule has 0 aromatic heterocycles. The van der Waals surface area contributed by atoms with Gasteiger partial charge in [0, 0.05) is 12.0 Å². The van der Waals surface area contributed by atoms with Crippen LogP contribution in [-0.2, 0) is 4.79 Å². The number of carbonyl (C=O) groups excluding carboxylic acids is 1. The summed E-state index contributed by atoms with van der Waals surface area (Å²) in [6.07, 6.45) is 2.57. The molecule has 1 nitrogen and oxygen atoms in total. The number of hydrogen-bond donors (Lipinski definition) is 0. The normalized spacial score (nSPS) is 14.6. The molecule has 0 aliphatic heterocycles. The summed E-state index contributed by atoms with van der Waals surface area (Å²) >= 11 is 0. The first-order valence-electron chi connectivity index (χ1n) is 7.55. The Balaban J connectivity index is 2.18. The van der Waals surface area contributed by atoms with Crippen LogP contribution in [0.4, 0.5) is 0 Å². The zero-order valence-corrected chi connectivity index (χ0v) is 12.6. The molecule has 0 saturated heterocycles. The lowest BCUT2D eigenvalue weighted by molar-refractivity contribution is -0.114. The van der Waals surface area contributed by atoms with Crippen LogP contribution in [-0.4, -0.2) is 5.78 Å². The van der Waals surface area contributed by atoms with Crippen LogP contribution >= 0.6 is 0 Å². The van der Waals surface area contributed by atoms with Crippen molar-refractivity contribution in [3.05, 3.63) is 76.4 Å². The van der Waals surface area contributed by atoms with Crippen LogP contribution in [0.1, 0.15) is 41.5 Å². The van der Waals surface area contributed by atoms with Gasteiger partial charge < -0.3 is 0 Å². The lowest BCUT2D eigenvalue weighted by Crippen LogP contribution is -1.99. The van der Waals surface area contributed by atoms with Crippen molar-refractivity contribution in [2.24, 2.45) is 0 Å². The van der Waals surface area contributed by atoms with E-state index >= 15 is 0 Å². The molecule has 0 spiro atoms. The molecule has 106 valence electrons. The lowest BCUT2D eigenvalue weighted by Gasteiger charge is -2.13. The minimum Gasteiger partial charge on any atom is -0.295 e. The number of Topliss-reactive ketones (excluding diaryl/α,β-unsaturated/α-hetero) is 1. The molecule has 2 aromatic rings. The highest BCUT2D eigenvalue weighted by Gasteiger charge is 2.22. The molecule has 0 heterocycles. The fourth-order valence-corrected chi connectivity index (χ4v) is 2.94. The Labute approximate surface area is 126 Å². The van der Waals surface area contributed by atoms with E-state index in [0.29, 0.717) is 12.2 Å².